The van der Waals surface area contributed by atoms with Gasteiger partial charge in [-0.05, 0) is 48.7 Å². The fraction of sp³-hybridized carbons (Fsp3) is 0.222. The molecule has 0 bridgehead atoms. The second-order valence-corrected chi connectivity index (χ2v) is 8.25. The first-order chi connectivity index (χ1) is 15.9. The minimum atomic E-state index is -0.700. The Morgan fingerprint density at radius 1 is 0.909 bits per heavy atom. The van der Waals surface area contributed by atoms with Gasteiger partial charge < -0.3 is 14.6 Å². The van der Waals surface area contributed by atoms with Crippen LogP contribution < -0.4 is 10.1 Å². The molecule has 0 radical (unpaired) electrons. The van der Waals surface area contributed by atoms with Crippen molar-refractivity contribution >= 4 is 11.6 Å². The number of carbonyl (C=O) groups excluding carboxylic acids is 1. The fourth-order valence-electron chi connectivity index (χ4n) is 3.43. The smallest absolute Gasteiger partial charge is 0.265 e. The number of hydrogen-bond acceptors (Lipinski definition) is 5. The molecule has 0 fully saturated rings. The summed E-state index contributed by atoms with van der Waals surface area (Å²) in [5.74, 6) is 1.51. The van der Waals surface area contributed by atoms with E-state index in [1.165, 1.54) is 0 Å². The summed E-state index contributed by atoms with van der Waals surface area (Å²) >= 11 is 0. The number of nitrogens with one attached hydrogen (secondary N) is 1. The molecule has 0 spiro atoms. The van der Waals surface area contributed by atoms with Crippen LogP contribution in [0.5, 0.6) is 5.75 Å². The number of para-hydroxylation sites is 1. The van der Waals surface area contributed by atoms with Crippen LogP contribution in [0.1, 0.15) is 38.1 Å². The van der Waals surface area contributed by atoms with Crippen LogP contribution in [0.25, 0.3) is 22.6 Å². The SMILES string of the molecule is Cc1cccc(-c2nc(C(C)C)no2)c1NC(=O)C(C)Oc1ccc(-c2ccccc2)cc1. The Bertz CT molecular complexity index is 1230. The molecular formula is C27H27N3O3. The Hall–Kier alpha value is -3.93. The number of amides is 1. The minimum absolute atomic E-state index is 0.145. The predicted molar refractivity (Wildman–Crippen MR) is 129 cm³/mol. The van der Waals surface area contributed by atoms with E-state index < -0.39 is 6.10 Å². The monoisotopic (exact) mass is 441 g/mol. The van der Waals surface area contributed by atoms with Gasteiger partial charge in [-0.2, -0.15) is 4.98 Å². The van der Waals surface area contributed by atoms with Crippen LogP contribution in [0.15, 0.2) is 77.3 Å². The number of aromatic nitrogens is 2. The first kappa shape index (κ1) is 22.3. The third-order valence-electron chi connectivity index (χ3n) is 5.35. The molecule has 4 aromatic rings. The van der Waals surface area contributed by atoms with Gasteiger partial charge >= 0.3 is 0 Å². The number of benzene rings is 3. The molecule has 168 valence electrons. The molecule has 4 rings (SSSR count). The van der Waals surface area contributed by atoms with Crippen molar-refractivity contribution < 1.29 is 14.1 Å². The number of aryl methyl sites for hydroxylation is 1. The Labute approximate surface area is 193 Å². The van der Waals surface area contributed by atoms with Crippen molar-refractivity contribution in [1.29, 1.82) is 0 Å². The number of ether oxygens (including phenoxy) is 1. The van der Waals surface area contributed by atoms with Crippen molar-refractivity contribution in [3.05, 3.63) is 84.2 Å². The highest BCUT2D eigenvalue weighted by molar-refractivity contribution is 5.98. The van der Waals surface area contributed by atoms with Crippen LogP contribution in [0.2, 0.25) is 0 Å². The first-order valence-corrected chi connectivity index (χ1v) is 11.0. The minimum Gasteiger partial charge on any atom is -0.481 e. The normalized spacial score (nSPS) is 11.9. The molecule has 1 unspecified atom stereocenters. The standard InChI is InChI=1S/C27H27N3O3/c1-17(2)25-29-27(33-30-25)23-12-8-9-18(3)24(23)28-26(31)19(4)32-22-15-13-21(14-16-22)20-10-6-5-7-11-20/h5-17,19H,1-4H3,(H,28,31). The van der Waals surface area contributed by atoms with Gasteiger partial charge in [-0.1, -0.05) is 73.6 Å². The largest absolute Gasteiger partial charge is 0.481 e. The van der Waals surface area contributed by atoms with Crippen LogP contribution in [0, 0.1) is 6.92 Å². The van der Waals surface area contributed by atoms with Crippen LogP contribution in [0.4, 0.5) is 5.69 Å². The van der Waals surface area contributed by atoms with Gasteiger partial charge in [0.25, 0.3) is 11.8 Å². The summed E-state index contributed by atoms with van der Waals surface area (Å²) in [7, 11) is 0. The van der Waals surface area contributed by atoms with E-state index in [9.17, 15) is 4.79 Å². The van der Waals surface area contributed by atoms with Gasteiger partial charge in [-0.25, -0.2) is 0 Å². The molecule has 6 heteroatoms. The van der Waals surface area contributed by atoms with Gasteiger partial charge in [0, 0.05) is 5.92 Å². The third-order valence-corrected chi connectivity index (χ3v) is 5.35. The van der Waals surface area contributed by atoms with Crippen molar-refractivity contribution in [3.8, 4) is 28.3 Å². The summed E-state index contributed by atoms with van der Waals surface area (Å²) in [6, 6.07) is 23.5. The maximum atomic E-state index is 13.0. The molecule has 3 aromatic carbocycles. The fourth-order valence-corrected chi connectivity index (χ4v) is 3.43. The molecule has 0 saturated carbocycles. The van der Waals surface area contributed by atoms with E-state index in [2.05, 4.69) is 27.6 Å². The van der Waals surface area contributed by atoms with E-state index in [0.29, 0.717) is 28.7 Å². The van der Waals surface area contributed by atoms with E-state index >= 15 is 0 Å². The molecule has 33 heavy (non-hydrogen) atoms. The maximum Gasteiger partial charge on any atom is 0.265 e. The van der Waals surface area contributed by atoms with E-state index in [1.54, 1.807) is 6.92 Å². The summed E-state index contributed by atoms with van der Waals surface area (Å²) < 4.78 is 11.3. The predicted octanol–water partition coefficient (Wildman–Crippen LogP) is 6.24. The lowest BCUT2D eigenvalue weighted by molar-refractivity contribution is -0.122. The molecule has 0 aliphatic rings. The molecule has 1 heterocycles. The van der Waals surface area contributed by atoms with Crippen molar-refractivity contribution in [2.45, 2.75) is 39.7 Å². The first-order valence-electron chi connectivity index (χ1n) is 11.0. The summed E-state index contributed by atoms with van der Waals surface area (Å²) in [6.07, 6.45) is -0.700. The van der Waals surface area contributed by atoms with Crippen LogP contribution in [0.3, 0.4) is 0 Å². The lowest BCUT2D eigenvalue weighted by atomic mass is 10.1. The highest BCUT2D eigenvalue weighted by atomic mass is 16.5. The van der Waals surface area contributed by atoms with E-state index in [4.69, 9.17) is 9.26 Å². The molecule has 0 aliphatic heterocycles. The quantitative estimate of drug-likeness (QED) is 0.367. The lowest BCUT2D eigenvalue weighted by Gasteiger charge is -2.17. The van der Waals surface area contributed by atoms with Crippen molar-refractivity contribution in [1.82, 2.24) is 10.1 Å². The number of anilines is 1. The van der Waals surface area contributed by atoms with Gasteiger partial charge in [0.1, 0.15) is 5.75 Å². The highest BCUT2D eigenvalue weighted by Gasteiger charge is 2.21. The molecule has 6 nitrogen and oxygen atoms in total. The van der Waals surface area contributed by atoms with Gasteiger partial charge in [0.2, 0.25) is 0 Å². The third kappa shape index (κ3) is 5.12. The average Bonchev–Trinajstić information content (AvgIpc) is 3.32. The zero-order valence-electron chi connectivity index (χ0n) is 19.2. The summed E-state index contributed by atoms with van der Waals surface area (Å²) in [5.41, 5.74) is 4.43. The van der Waals surface area contributed by atoms with Crippen molar-refractivity contribution in [2.24, 2.45) is 0 Å². The zero-order valence-corrected chi connectivity index (χ0v) is 19.2. The Morgan fingerprint density at radius 3 is 2.27 bits per heavy atom. The van der Waals surface area contributed by atoms with Gasteiger partial charge in [-0.3, -0.25) is 4.79 Å². The van der Waals surface area contributed by atoms with E-state index in [1.807, 2.05) is 81.4 Å². The lowest BCUT2D eigenvalue weighted by Crippen LogP contribution is -2.30. The van der Waals surface area contributed by atoms with Crippen molar-refractivity contribution in [3.63, 3.8) is 0 Å². The Kier molecular flexibility index (Phi) is 6.54. The van der Waals surface area contributed by atoms with Crippen LogP contribution in [-0.4, -0.2) is 22.2 Å². The second kappa shape index (κ2) is 9.69. The van der Waals surface area contributed by atoms with Crippen LogP contribution in [-0.2, 0) is 4.79 Å². The topological polar surface area (TPSA) is 77.3 Å². The number of nitrogens with zero attached hydrogens (tertiary/aromatic N) is 2. The van der Waals surface area contributed by atoms with Crippen molar-refractivity contribution in [2.75, 3.05) is 5.32 Å². The molecule has 0 aliphatic carbocycles. The van der Waals surface area contributed by atoms with Gasteiger partial charge in [-0.15, -0.1) is 0 Å². The molecular weight excluding hydrogens is 414 g/mol. The molecule has 1 N–H and O–H groups in total. The summed E-state index contributed by atoms with van der Waals surface area (Å²) in [5, 5.41) is 7.02. The van der Waals surface area contributed by atoms with E-state index in [0.717, 1.165) is 16.7 Å². The second-order valence-electron chi connectivity index (χ2n) is 8.25. The molecule has 1 atom stereocenters. The summed E-state index contributed by atoms with van der Waals surface area (Å²) in [6.45, 7) is 7.65. The number of hydrogen-bond donors (Lipinski definition) is 1. The zero-order chi connectivity index (χ0) is 23.4. The van der Waals surface area contributed by atoms with Gasteiger partial charge in [0.05, 0.1) is 11.3 Å². The number of carbonyl (C=O) groups is 1. The average molecular weight is 442 g/mol. The number of rotatable bonds is 7. The molecule has 1 amide bonds. The maximum absolute atomic E-state index is 13.0. The van der Waals surface area contributed by atoms with E-state index in [-0.39, 0.29) is 11.8 Å². The molecule has 1 aromatic heterocycles. The molecule has 0 saturated heterocycles. The highest BCUT2D eigenvalue weighted by Crippen LogP contribution is 2.31. The van der Waals surface area contributed by atoms with Crippen LogP contribution >= 0.6 is 0 Å². The Morgan fingerprint density at radius 2 is 1.61 bits per heavy atom. The Balaban J connectivity index is 1.48. The summed E-state index contributed by atoms with van der Waals surface area (Å²) in [4.78, 5) is 17.4. The van der Waals surface area contributed by atoms with Gasteiger partial charge in [0.15, 0.2) is 11.9 Å².